The molecule has 0 radical (unpaired) electrons. The number of phenolic OH excluding ortho intramolecular Hbond substituents is 2. The topological polar surface area (TPSA) is 122 Å². The van der Waals surface area contributed by atoms with E-state index in [4.69, 9.17) is 0 Å². The van der Waals surface area contributed by atoms with Crippen molar-refractivity contribution in [3.8, 4) is 11.5 Å². The Bertz CT molecular complexity index is 1070. The van der Waals surface area contributed by atoms with Gasteiger partial charge in [0.1, 0.15) is 33.0 Å². The average Bonchev–Trinajstić information content (AvgIpc) is 2.54. The molecule has 0 fully saturated rings. The molecule has 0 spiro atoms. The van der Waals surface area contributed by atoms with E-state index in [0.29, 0.717) is 5.39 Å². The maximum Gasteiger partial charge on any atom is 1.00 e. The van der Waals surface area contributed by atoms with Crippen LogP contribution in [0.2, 0.25) is 0 Å². The van der Waals surface area contributed by atoms with Gasteiger partial charge < -0.3 is 14.8 Å². The number of aromatic hydroxyl groups is 2. The molecule has 0 heterocycles. The molecule has 0 aromatic heterocycles. The normalized spacial score (nSPS) is 11.6. The van der Waals surface area contributed by atoms with Crippen LogP contribution < -0.4 is 29.6 Å². The number of phenols is 2. The first-order valence-electron chi connectivity index (χ1n) is 6.77. The van der Waals surface area contributed by atoms with Gasteiger partial charge in [-0.25, -0.2) is 8.42 Å². The molecular formula is C16H11N2NaO5S. The minimum Gasteiger partial charge on any atom is -0.744 e. The zero-order valence-electron chi connectivity index (χ0n) is 13.1. The maximum atomic E-state index is 11.1. The van der Waals surface area contributed by atoms with Crippen molar-refractivity contribution >= 4 is 32.3 Å². The monoisotopic (exact) mass is 366 g/mol. The van der Waals surface area contributed by atoms with E-state index in [9.17, 15) is 23.2 Å². The van der Waals surface area contributed by atoms with Gasteiger partial charge in [0.15, 0.2) is 0 Å². The van der Waals surface area contributed by atoms with Crippen LogP contribution in [0, 0.1) is 0 Å². The first kappa shape index (κ1) is 19.4. The number of fused-ring (bicyclic) bond motifs is 1. The van der Waals surface area contributed by atoms with Crippen molar-refractivity contribution in [3.05, 3.63) is 54.6 Å². The molecule has 0 atom stereocenters. The Kier molecular flexibility index (Phi) is 5.81. The maximum absolute atomic E-state index is 11.1. The van der Waals surface area contributed by atoms with Crippen molar-refractivity contribution in [1.82, 2.24) is 0 Å². The summed E-state index contributed by atoms with van der Waals surface area (Å²) in [5, 5.41) is 28.9. The summed E-state index contributed by atoms with van der Waals surface area (Å²) >= 11 is 0. The van der Waals surface area contributed by atoms with E-state index >= 15 is 0 Å². The van der Waals surface area contributed by atoms with E-state index in [2.05, 4.69) is 10.2 Å². The Hall–Kier alpha value is -1.97. The quantitative estimate of drug-likeness (QED) is 0.399. The zero-order valence-corrected chi connectivity index (χ0v) is 15.9. The number of rotatable bonds is 3. The Morgan fingerprint density at radius 3 is 2.28 bits per heavy atom. The average molecular weight is 366 g/mol. The van der Waals surface area contributed by atoms with Crippen LogP contribution in [-0.4, -0.2) is 23.2 Å². The van der Waals surface area contributed by atoms with Gasteiger partial charge in [0.25, 0.3) is 0 Å². The Morgan fingerprint density at radius 1 is 0.880 bits per heavy atom. The number of hydrogen-bond donors (Lipinski definition) is 2. The molecule has 0 aliphatic rings. The standard InChI is InChI=1S/C16H12N2O5S.Na/c19-14-8-6-11(24(21,22)23)9-13(14)17-18-16-12-4-2-1-3-10(12)5-7-15(16)20;/h1-9,19-20H,(H,21,22,23);/q;+1/p-1. The second-order valence-corrected chi connectivity index (χ2v) is 6.34. The summed E-state index contributed by atoms with van der Waals surface area (Å²) in [6.45, 7) is 0. The third-order valence-corrected chi connectivity index (χ3v) is 4.20. The van der Waals surface area contributed by atoms with Crippen molar-refractivity contribution < 1.29 is 52.7 Å². The minimum atomic E-state index is -4.68. The van der Waals surface area contributed by atoms with Crippen LogP contribution in [0.5, 0.6) is 11.5 Å². The van der Waals surface area contributed by atoms with Crippen LogP contribution in [0.15, 0.2) is 69.7 Å². The van der Waals surface area contributed by atoms with E-state index in [1.807, 2.05) is 12.1 Å². The molecule has 9 heteroatoms. The van der Waals surface area contributed by atoms with Crippen molar-refractivity contribution in [2.24, 2.45) is 10.2 Å². The fourth-order valence-corrected chi connectivity index (χ4v) is 2.68. The first-order chi connectivity index (χ1) is 11.4. The van der Waals surface area contributed by atoms with Gasteiger partial charge in [-0.1, -0.05) is 30.3 Å². The summed E-state index contributed by atoms with van der Waals surface area (Å²) in [4.78, 5) is -0.531. The molecule has 3 rings (SSSR count). The molecule has 0 aliphatic carbocycles. The first-order valence-corrected chi connectivity index (χ1v) is 8.18. The Morgan fingerprint density at radius 2 is 1.56 bits per heavy atom. The van der Waals surface area contributed by atoms with Crippen LogP contribution >= 0.6 is 0 Å². The predicted octanol–water partition coefficient (Wildman–Crippen LogP) is 0.575. The summed E-state index contributed by atoms with van der Waals surface area (Å²) in [5.74, 6) is -0.463. The molecule has 25 heavy (non-hydrogen) atoms. The molecule has 0 saturated heterocycles. The van der Waals surface area contributed by atoms with Crippen molar-refractivity contribution in [2.45, 2.75) is 4.90 Å². The van der Waals surface area contributed by atoms with E-state index in [0.717, 1.165) is 23.6 Å². The molecule has 3 aromatic rings. The predicted molar refractivity (Wildman–Crippen MR) is 85.9 cm³/mol. The van der Waals surface area contributed by atoms with Crippen LogP contribution in [-0.2, 0) is 10.1 Å². The molecular weight excluding hydrogens is 355 g/mol. The number of nitrogens with zero attached hydrogens (tertiary/aromatic N) is 2. The third-order valence-electron chi connectivity index (χ3n) is 3.37. The molecule has 0 unspecified atom stereocenters. The summed E-state index contributed by atoms with van der Waals surface area (Å²) < 4.78 is 33.2. The van der Waals surface area contributed by atoms with Crippen LogP contribution in [0.25, 0.3) is 10.8 Å². The second-order valence-electron chi connectivity index (χ2n) is 4.96. The van der Waals surface area contributed by atoms with Gasteiger partial charge in [0.2, 0.25) is 0 Å². The fourth-order valence-electron chi connectivity index (χ4n) is 2.19. The molecule has 7 nitrogen and oxygen atoms in total. The summed E-state index contributed by atoms with van der Waals surface area (Å²) in [6.07, 6.45) is 0. The van der Waals surface area contributed by atoms with E-state index < -0.39 is 15.0 Å². The van der Waals surface area contributed by atoms with Gasteiger partial charge in [-0.15, -0.1) is 10.2 Å². The molecule has 0 amide bonds. The molecule has 3 aromatic carbocycles. The largest absolute Gasteiger partial charge is 1.00 e. The number of benzene rings is 3. The Labute approximate surface area is 165 Å². The minimum absolute atomic E-state index is 0. The molecule has 0 aliphatic heterocycles. The number of azo groups is 1. The van der Waals surface area contributed by atoms with Gasteiger partial charge in [0, 0.05) is 5.39 Å². The molecule has 0 saturated carbocycles. The van der Waals surface area contributed by atoms with Crippen molar-refractivity contribution in [1.29, 1.82) is 0 Å². The van der Waals surface area contributed by atoms with Crippen molar-refractivity contribution in [3.63, 3.8) is 0 Å². The molecule has 2 N–H and O–H groups in total. The zero-order chi connectivity index (χ0) is 17.3. The smallest absolute Gasteiger partial charge is 0.744 e. The van der Waals surface area contributed by atoms with Gasteiger partial charge in [-0.3, -0.25) is 0 Å². The van der Waals surface area contributed by atoms with Crippen LogP contribution in [0.4, 0.5) is 11.4 Å². The summed E-state index contributed by atoms with van der Waals surface area (Å²) in [5.41, 5.74) is -0.0258. The third kappa shape index (κ3) is 4.17. The van der Waals surface area contributed by atoms with E-state index in [1.54, 1.807) is 18.2 Å². The van der Waals surface area contributed by atoms with E-state index in [1.165, 1.54) is 6.07 Å². The van der Waals surface area contributed by atoms with E-state index in [-0.39, 0.29) is 52.4 Å². The van der Waals surface area contributed by atoms with Gasteiger partial charge in [0.05, 0.1) is 4.90 Å². The van der Waals surface area contributed by atoms with Gasteiger partial charge in [-0.2, -0.15) is 0 Å². The Balaban J connectivity index is 0.00000225. The molecule has 122 valence electrons. The SMILES string of the molecule is O=S(=O)([O-])c1ccc(O)c(N=Nc2c(O)ccc3ccccc23)c1.[Na+]. The second kappa shape index (κ2) is 7.51. The van der Waals surface area contributed by atoms with Gasteiger partial charge in [-0.05, 0) is 29.7 Å². The number of hydrogen-bond acceptors (Lipinski definition) is 7. The van der Waals surface area contributed by atoms with Crippen LogP contribution in [0.1, 0.15) is 0 Å². The summed E-state index contributed by atoms with van der Waals surface area (Å²) in [7, 11) is -4.68. The fraction of sp³-hybridized carbons (Fsp3) is 0. The van der Waals surface area contributed by atoms with Gasteiger partial charge >= 0.3 is 29.6 Å². The molecule has 0 bridgehead atoms. The van der Waals surface area contributed by atoms with Crippen molar-refractivity contribution in [2.75, 3.05) is 0 Å². The summed E-state index contributed by atoms with van der Waals surface area (Å²) in [6, 6.07) is 13.3. The van der Waals surface area contributed by atoms with Crippen LogP contribution in [0.3, 0.4) is 0 Å².